The number of carbonyl (C=O) groups excluding carboxylic acids is 1. The maximum atomic E-state index is 12.4. The largest absolute Gasteiger partial charge is 0.444 e. The van der Waals surface area contributed by atoms with Gasteiger partial charge in [-0.05, 0) is 62.6 Å². The van der Waals surface area contributed by atoms with Gasteiger partial charge in [0, 0.05) is 30.9 Å². The van der Waals surface area contributed by atoms with Crippen LogP contribution in [0.5, 0.6) is 0 Å². The Labute approximate surface area is 204 Å². The number of aromatic nitrogens is 4. The lowest BCUT2D eigenvalue weighted by molar-refractivity contribution is 0.0270. The smallest absolute Gasteiger partial charge is 0.410 e. The molecule has 2 aromatic heterocycles. The van der Waals surface area contributed by atoms with Gasteiger partial charge >= 0.3 is 6.09 Å². The van der Waals surface area contributed by atoms with Gasteiger partial charge in [0.1, 0.15) is 11.4 Å². The van der Waals surface area contributed by atoms with Crippen LogP contribution in [0.15, 0.2) is 73.2 Å². The Hall–Kier alpha value is -4.20. The molecule has 1 N–H and O–H groups in total. The van der Waals surface area contributed by atoms with Crippen molar-refractivity contribution in [3.63, 3.8) is 0 Å². The van der Waals surface area contributed by atoms with Crippen molar-refractivity contribution in [1.29, 1.82) is 0 Å². The first-order chi connectivity index (χ1) is 16.9. The number of nitrogens with zero attached hydrogens (tertiary/aromatic N) is 5. The van der Waals surface area contributed by atoms with Crippen LogP contribution in [0.2, 0.25) is 0 Å². The monoisotopic (exact) mass is 468 g/mol. The number of amides is 1. The Morgan fingerprint density at radius 1 is 1.09 bits per heavy atom. The van der Waals surface area contributed by atoms with Gasteiger partial charge in [-0.3, -0.25) is 4.98 Å². The molecule has 5 rings (SSSR count). The van der Waals surface area contributed by atoms with Crippen LogP contribution in [0.25, 0.3) is 22.2 Å². The van der Waals surface area contributed by atoms with E-state index in [1.54, 1.807) is 23.5 Å². The summed E-state index contributed by atoms with van der Waals surface area (Å²) in [7, 11) is 0. The molecule has 1 aliphatic rings. The van der Waals surface area contributed by atoms with Gasteiger partial charge in [0.15, 0.2) is 5.82 Å². The summed E-state index contributed by atoms with van der Waals surface area (Å²) in [4.78, 5) is 22.6. The maximum Gasteiger partial charge on any atom is 0.410 e. The van der Waals surface area contributed by atoms with E-state index in [1.807, 2.05) is 55.8 Å². The van der Waals surface area contributed by atoms with E-state index >= 15 is 0 Å². The summed E-state index contributed by atoms with van der Waals surface area (Å²) in [6, 6.07) is 16.4. The SMILES string of the molecule is CC(C)(C)OC(=O)N1CC=C(c2cccc(-n3nc(Nc4cnccn4)c4ccccc43)c2)CC1. The first kappa shape index (κ1) is 22.6. The van der Waals surface area contributed by atoms with Crippen LogP contribution in [0.4, 0.5) is 16.4 Å². The number of benzene rings is 2. The van der Waals surface area contributed by atoms with Crippen LogP contribution in [0.3, 0.4) is 0 Å². The Balaban J connectivity index is 1.42. The summed E-state index contributed by atoms with van der Waals surface area (Å²) in [6.45, 7) is 6.81. The third-order valence-electron chi connectivity index (χ3n) is 5.72. The van der Waals surface area contributed by atoms with Crippen molar-refractivity contribution in [2.45, 2.75) is 32.8 Å². The average molecular weight is 469 g/mol. The predicted molar refractivity (Wildman–Crippen MR) is 137 cm³/mol. The van der Waals surface area contributed by atoms with Crippen molar-refractivity contribution in [2.75, 3.05) is 18.4 Å². The van der Waals surface area contributed by atoms with Crippen LogP contribution in [-0.4, -0.2) is 49.4 Å². The number of rotatable bonds is 4. The van der Waals surface area contributed by atoms with E-state index in [-0.39, 0.29) is 6.09 Å². The fourth-order valence-corrected chi connectivity index (χ4v) is 4.10. The van der Waals surface area contributed by atoms with Crippen molar-refractivity contribution in [1.82, 2.24) is 24.6 Å². The summed E-state index contributed by atoms with van der Waals surface area (Å²) in [6.07, 6.45) is 7.56. The minimum atomic E-state index is -0.497. The molecule has 0 saturated carbocycles. The number of carbonyl (C=O) groups is 1. The number of para-hydroxylation sites is 1. The summed E-state index contributed by atoms with van der Waals surface area (Å²) in [5.74, 6) is 1.36. The molecule has 3 heterocycles. The number of fused-ring (bicyclic) bond motifs is 1. The Morgan fingerprint density at radius 2 is 1.94 bits per heavy atom. The molecule has 35 heavy (non-hydrogen) atoms. The third kappa shape index (κ3) is 5.01. The Morgan fingerprint density at radius 3 is 2.69 bits per heavy atom. The Kier molecular flexibility index (Phi) is 5.94. The third-order valence-corrected chi connectivity index (χ3v) is 5.72. The topological polar surface area (TPSA) is 85.2 Å². The zero-order valence-electron chi connectivity index (χ0n) is 20.1. The number of ether oxygens (including phenoxy) is 1. The van der Waals surface area contributed by atoms with Gasteiger partial charge in [0.25, 0.3) is 0 Å². The van der Waals surface area contributed by atoms with Gasteiger partial charge in [0.2, 0.25) is 0 Å². The van der Waals surface area contributed by atoms with Crippen LogP contribution in [0, 0.1) is 0 Å². The minimum Gasteiger partial charge on any atom is -0.444 e. The molecule has 8 heteroatoms. The molecule has 0 unspecified atom stereocenters. The molecule has 0 fully saturated rings. The van der Waals surface area contributed by atoms with E-state index in [9.17, 15) is 4.79 Å². The van der Waals surface area contributed by atoms with Crippen molar-refractivity contribution in [2.24, 2.45) is 0 Å². The van der Waals surface area contributed by atoms with E-state index in [0.29, 0.717) is 18.9 Å². The molecule has 0 spiro atoms. The average Bonchev–Trinajstić information content (AvgIpc) is 3.22. The van der Waals surface area contributed by atoms with E-state index < -0.39 is 5.60 Å². The van der Waals surface area contributed by atoms with Crippen LogP contribution in [0.1, 0.15) is 32.8 Å². The molecule has 0 radical (unpaired) electrons. The van der Waals surface area contributed by atoms with Crippen molar-refractivity contribution >= 4 is 34.2 Å². The highest BCUT2D eigenvalue weighted by Crippen LogP contribution is 2.30. The summed E-state index contributed by atoms with van der Waals surface area (Å²) in [5.41, 5.74) is 3.78. The fourth-order valence-electron chi connectivity index (χ4n) is 4.10. The van der Waals surface area contributed by atoms with E-state index in [0.717, 1.165) is 34.4 Å². The zero-order valence-corrected chi connectivity index (χ0v) is 20.1. The normalized spacial score (nSPS) is 14.0. The molecule has 0 atom stereocenters. The molecule has 2 aromatic carbocycles. The second-order valence-electron chi connectivity index (χ2n) is 9.45. The maximum absolute atomic E-state index is 12.4. The minimum absolute atomic E-state index is 0.271. The molecule has 0 saturated heterocycles. The zero-order chi connectivity index (χ0) is 24.4. The first-order valence-corrected chi connectivity index (χ1v) is 11.7. The van der Waals surface area contributed by atoms with Crippen molar-refractivity contribution in [3.05, 3.63) is 78.8 Å². The molecular weight excluding hydrogens is 440 g/mol. The van der Waals surface area contributed by atoms with Crippen molar-refractivity contribution in [3.8, 4) is 5.69 Å². The van der Waals surface area contributed by atoms with Crippen LogP contribution in [-0.2, 0) is 4.74 Å². The summed E-state index contributed by atoms with van der Waals surface area (Å²) in [5, 5.41) is 9.13. The molecule has 8 nitrogen and oxygen atoms in total. The van der Waals surface area contributed by atoms with Crippen LogP contribution < -0.4 is 5.32 Å². The highest BCUT2D eigenvalue weighted by molar-refractivity contribution is 5.92. The second kappa shape index (κ2) is 9.21. The quantitative estimate of drug-likeness (QED) is 0.421. The van der Waals surface area contributed by atoms with E-state index in [4.69, 9.17) is 9.84 Å². The lowest BCUT2D eigenvalue weighted by Crippen LogP contribution is -2.39. The van der Waals surface area contributed by atoms with E-state index in [2.05, 4.69) is 39.6 Å². The molecular formula is C27H28N6O2. The highest BCUT2D eigenvalue weighted by atomic mass is 16.6. The van der Waals surface area contributed by atoms with Gasteiger partial charge in [-0.25, -0.2) is 14.5 Å². The molecule has 0 aliphatic carbocycles. The Bertz CT molecular complexity index is 1390. The second-order valence-corrected chi connectivity index (χ2v) is 9.45. The fraction of sp³-hybridized carbons (Fsp3) is 0.259. The molecule has 1 aliphatic heterocycles. The number of anilines is 2. The standard InChI is InChI=1S/C27H28N6O2/c1-27(2,3)35-26(34)32-15-11-19(12-16-32)20-7-6-8-21(17-20)33-23-10-5-4-9-22(23)25(31-33)30-24-18-28-13-14-29-24/h4-11,13-14,17-18H,12,15-16H2,1-3H3,(H,29,30,31). The lowest BCUT2D eigenvalue weighted by atomic mass is 9.99. The van der Waals surface area contributed by atoms with Crippen LogP contribution >= 0.6 is 0 Å². The summed E-state index contributed by atoms with van der Waals surface area (Å²) < 4.78 is 7.45. The predicted octanol–water partition coefficient (Wildman–Crippen LogP) is 5.58. The number of nitrogens with one attached hydrogen (secondary N) is 1. The van der Waals surface area contributed by atoms with Crippen molar-refractivity contribution < 1.29 is 9.53 Å². The number of hydrogen-bond donors (Lipinski definition) is 1. The molecule has 4 aromatic rings. The highest BCUT2D eigenvalue weighted by Gasteiger charge is 2.24. The number of hydrogen-bond acceptors (Lipinski definition) is 6. The molecule has 178 valence electrons. The van der Waals surface area contributed by atoms with Gasteiger partial charge in [-0.15, -0.1) is 5.10 Å². The van der Waals surface area contributed by atoms with Gasteiger partial charge in [-0.2, -0.15) is 0 Å². The first-order valence-electron chi connectivity index (χ1n) is 11.7. The lowest BCUT2D eigenvalue weighted by Gasteiger charge is -2.29. The molecule has 1 amide bonds. The van der Waals surface area contributed by atoms with E-state index in [1.165, 1.54) is 5.57 Å². The van der Waals surface area contributed by atoms with Gasteiger partial charge in [0.05, 0.1) is 17.4 Å². The van der Waals surface area contributed by atoms with Gasteiger partial charge in [-0.1, -0.05) is 30.3 Å². The van der Waals surface area contributed by atoms with Gasteiger partial charge < -0.3 is 15.0 Å². The molecule has 0 bridgehead atoms. The summed E-state index contributed by atoms with van der Waals surface area (Å²) >= 11 is 0.